The Bertz CT molecular complexity index is 958. The fraction of sp³-hybridized carbons (Fsp3) is 0.318. The summed E-state index contributed by atoms with van der Waals surface area (Å²) in [7, 11) is 0. The maximum Gasteiger partial charge on any atom is 0.234 e. The van der Waals surface area contributed by atoms with Gasteiger partial charge in [0, 0.05) is 5.69 Å². The molecule has 0 unspecified atom stereocenters. The van der Waals surface area contributed by atoms with Crippen LogP contribution in [0, 0.1) is 13.8 Å². The predicted molar refractivity (Wildman–Crippen MR) is 115 cm³/mol. The first-order valence-corrected chi connectivity index (χ1v) is 10.5. The first-order chi connectivity index (χ1) is 13.5. The van der Waals surface area contributed by atoms with Crippen LogP contribution in [0.5, 0.6) is 0 Å². The molecule has 1 aromatic heterocycles. The minimum Gasteiger partial charge on any atom is -0.325 e. The minimum absolute atomic E-state index is 0.0317. The molecule has 0 saturated heterocycles. The summed E-state index contributed by atoms with van der Waals surface area (Å²) in [5.74, 6) is 0.251. The van der Waals surface area contributed by atoms with E-state index in [0.717, 1.165) is 40.9 Å². The van der Waals surface area contributed by atoms with Gasteiger partial charge in [0.05, 0.1) is 11.4 Å². The molecule has 1 N–H and O–H groups in total. The first-order valence-electron chi connectivity index (χ1n) is 9.54. The number of amides is 1. The van der Waals surface area contributed by atoms with Crippen LogP contribution in [0.15, 0.2) is 47.9 Å². The molecule has 1 amide bonds. The van der Waals surface area contributed by atoms with Crippen LogP contribution in [0.25, 0.3) is 5.69 Å². The van der Waals surface area contributed by atoms with Crippen molar-refractivity contribution in [2.24, 2.45) is 0 Å². The van der Waals surface area contributed by atoms with E-state index >= 15 is 0 Å². The third-order valence-electron chi connectivity index (χ3n) is 4.72. The van der Waals surface area contributed by atoms with Gasteiger partial charge in [0.15, 0.2) is 5.16 Å². The van der Waals surface area contributed by atoms with Crippen LogP contribution in [0.3, 0.4) is 0 Å². The van der Waals surface area contributed by atoms with Crippen LogP contribution >= 0.6 is 11.8 Å². The maximum absolute atomic E-state index is 12.6. The second kappa shape index (κ2) is 9.06. The number of benzene rings is 2. The maximum atomic E-state index is 12.6. The molecule has 0 saturated carbocycles. The number of para-hydroxylation sites is 1. The summed E-state index contributed by atoms with van der Waals surface area (Å²) in [5.41, 5.74) is 6.67. The number of aromatic nitrogens is 3. The molecule has 0 spiro atoms. The molecule has 0 radical (unpaired) electrons. The lowest BCUT2D eigenvalue weighted by molar-refractivity contribution is -0.113. The van der Waals surface area contributed by atoms with Crippen molar-refractivity contribution in [3.63, 3.8) is 0 Å². The van der Waals surface area contributed by atoms with Crippen molar-refractivity contribution in [2.75, 3.05) is 11.1 Å². The van der Waals surface area contributed by atoms with Crippen LogP contribution in [0.4, 0.5) is 5.69 Å². The lowest BCUT2D eigenvalue weighted by atomic mass is 10.0. The van der Waals surface area contributed by atoms with Crippen molar-refractivity contribution >= 4 is 23.4 Å². The lowest BCUT2D eigenvalue weighted by Crippen LogP contribution is -2.17. The van der Waals surface area contributed by atoms with E-state index in [1.54, 1.807) is 6.33 Å². The zero-order chi connectivity index (χ0) is 20.1. The van der Waals surface area contributed by atoms with Crippen LogP contribution in [0.2, 0.25) is 0 Å². The number of nitrogens with zero attached hydrogens (tertiary/aromatic N) is 3. The number of carbonyl (C=O) groups excluding carboxylic acids is 1. The number of aryl methyl sites for hydroxylation is 4. The molecule has 0 aliphatic carbocycles. The third-order valence-corrected chi connectivity index (χ3v) is 5.67. The Kier molecular flexibility index (Phi) is 6.52. The fourth-order valence-electron chi connectivity index (χ4n) is 3.27. The van der Waals surface area contributed by atoms with Gasteiger partial charge in [0.2, 0.25) is 5.91 Å². The molecule has 5 nitrogen and oxygen atoms in total. The summed E-state index contributed by atoms with van der Waals surface area (Å²) in [6.45, 7) is 8.34. The number of thioether (sulfide) groups is 1. The molecule has 3 rings (SSSR count). The number of nitrogens with one attached hydrogen (secondary N) is 1. The van der Waals surface area contributed by atoms with Gasteiger partial charge < -0.3 is 5.32 Å². The highest BCUT2D eigenvalue weighted by molar-refractivity contribution is 7.99. The minimum atomic E-state index is -0.0317. The van der Waals surface area contributed by atoms with Gasteiger partial charge in [-0.3, -0.25) is 9.36 Å². The summed E-state index contributed by atoms with van der Waals surface area (Å²) < 4.78 is 1.93. The van der Waals surface area contributed by atoms with Gasteiger partial charge in [-0.25, -0.2) is 0 Å². The average Bonchev–Trinajstić information content (AvgIpc) is 3.14. The second-order valence-corrected chi connectivity index (χ2v) is 7.71. The molecule has 146 valence electrons. The molecule has 6 heteroatoms. The van der Waals surface area contributed by atoms with E-state index in [1.807, 2.05) is 4.57 Å². The van der Waals surface area contributed by atoms with Gasteiger partial charge in [0.25, 0.3) is 0 Å². The van der Waals surface area contributed by atoms with Crippen molar-refractivity contribution < 1.29 is 4.79 Å². The van der Waals surface area contributed by atoms with E-state index in [4.69, 9.17) is 0 Å². The van der Waals surface area contributed by atoms with E-state index < -0.39 is 0 Å². The first kappa shape index (κ1) is 20.1. The lowest BCUT2D eigenvalue weighted by Gasteiger charge is -2.14. The van der Waals surface area contributed by atoms with E-state index in [2.05, 4.69) is 79.6 Å². The standard InChI is InChI=1S/C22H26N4OS/c1-5-17-8-7-9-18(6-2)21(17)24-20(27)13-28-22-25-23-14-26(22)19-11-10-15(3)12-16(19)4/h7-12,14H,5-6,13H2,1-4H3,(H,24,27). The average molecular weight is 395 g/mol. The molecule has 0 atom stereocenters. The van der Waals surface area contributed by atoms with Gasteiger partial charge >= 0.3 is 0 Å². The molecule has 28 heavy (non-hydrogen) atoms. The van der Waals surface area contributed by atoms with Crippen molar-refractivity contribution in [3.05, 3.63) is 65.0 Å². The van der Waals surface area contributed by atoms with Crippen LogP contribution in [0.1, 0.15) is 36.1 Å². The largest absolute Gasteiger partial charge is 0.325 e. The summed E-state index contributed by atoms with van der Waals surface area (Å²) in [6.07, 6.45) is 3.47. The molecule has 1 heterocycles. The summed E-state index contributed by atoms with van der Waals surface area (Å²) in [4.78, 5) is 12.6. The van der Waals surface area contributed by atoms with Crippen LogP contribution in [-0.2, 0) is 17.6 Å². The molecule has 0 bridgehead atoms. The Morgan fingerprint density at radius 3 is 2.46 bits per heavy atom. The molecule has 0 aliphatic rings. The molecule has 0 aliphatic heterocycles. The highest BCUT2D eigenvalue weighted by Gasteiger charge is 2.14. The van der Waals surface area contributed by atoms with Crippen molar-refractivity contribution in [1.82, 2.24) is 14.8 Å². The summed E-state index contributed by atoms with van der Waals surface area (Å²) >= 11 is 1.39. The van der Waals surface area contributed by atoms with E-state index in [0.29, 0.717) is 5.16 Å². The van der Waals surface area contributed by atoms with E-state index in [9.17, 15) is 4.79 Å². The van der Waals surface area contributed by atoms with E-state index in [-0.39, 0.29) is 11.7 Å². The van der Waals surface area contributed by atoms with E-state index in [1.165, 1.54) is 17.3 Å². The zero-order valence-corrected chi connectivity index (χ0v) is 17.6. The van der Waals surface area contributed by atoms with Gasteiger partial charge in [-0.1, -0.05) is 61.5 Å². The third kappa shape index (κ3) is 4.44. The molecule has 2 aromatic carbocycles. The molecular formula is C22H26N4OS. The number of hydrogen-bond donors (Lipinski definition) is 1. The number of anilines is 1. The smallest absolute Gasteiger partial charge is 0.234 e. The normalized spacial score (nSPS) is 10.9. The van der Waals surface area contributed by atoms with Crippen LogP contribution in [-0.4, -0.2) is 26.4 Å². The van der Waals surface area contributed by atoms with Gasteiger partial charge in [-0.2, -0.15) is 0 Å². The number of rotatable bonds is 7. The van der Waals surface area contributed by atoms with Crippen molar-refractivity contribution in [2.45, 2.75) is 45.7 Å². The molecular weight excluding hydrogens is 368 g/mol. The second-order valence-electron chi connectivity index (χ2n) is 6.77. The van der Waals surface area contributed by atoms with Crippen molar-refractivity contribution in [1.29, 1.82) is 0 Å². The van der Waals surface area contributed by atoms with Gasteiger partial charge in [0.1, 0.15) is 6.33 Å². The van der Waals surface area contributed by atoms with Crippen molar-refractivity contribution in [3.8, 4) is 5.69 Å². The topological polar surface area (TPSA) is 59.8 Å². The Balaban J connectivity index is 1.73. The van der Waals surface area contributed by atoms with Gasteiger partial charge in [-0.15, -0.1) is 10.2 Å². The highest BCUT2D eigenvalue weighted by Crippen LogP contribution is 2.25. The van der Waals surface area contributed by atoms with Gasteiger partial charge in [-0.05, 0) is 49.4 Å². The summed E-state index contributed by atoms with van der Waals surface area (Å²) in [5, 5.41) is 12.1. The Hall–Kier alpha value is -2.60. The molecule has 0 fully saturated rings. The monoisotopic (exact) mass is 394 g/mol. The van der Waals surface area contributed by atoms with Crippen LogP contribution < -0.4 is 5.32 Å². The highest BCUT2D eigenvalue weighted by atomic mass is 32.2. The number of carbonyl (C=O) groups is 1. The predicted octanol–water partition coefficient (Wildman–Crippen LogP) is 4.74. The number of hydrogen-bond acceptors (Lipinski definition) is 4. The SMILES string of the molecule is CCc1cccc(CC)c1NC(=O)CSc1nncn1-c1ccc(C)cc1C. The zero-order valence-electron chi connectivity index (χ0n) is 16.8. The Morgan fingerprint density at radius 1 is 1.11 bits per heavy atom. The quantitative estimate of drug-likeness (QED) is 0.588. The Morgan fingerprint density at radius 2 is 1.82 bits per heavy atom. The fourth-order valence-corrected chi connectivity index (χ4v) is 3.99. The molecule has 3 aromatic rings. The summed E-state index contributed by atoms with van der Waals surface area (Å²) in [6, 6.07) is 12.4. The Labute approximate surface area is 170 Å².